The lowest BCUT2D eigenvalue weighted by atomic mass is 10.1. The summed E-state index contributed by atoms with van der Waals surface area (Å²) in [6, 6.07) is 15.6. The van der Waals surface area contributed by atoms with E-state index in [9.17, 15) is 0 Å². The number of aromatic nitrogens is 3. The molecule has 0 aliphatic rings. The van der Waals surface area contributed by atoms with Gasteiger partial charge in [0.2, 0.25) is 0 Å². The van der Waals surface area contributed by atoms with Crippen molar-refractivity contribution in [3.05, 3.63) is 59.3 Å². The van der Waals surface area contributed by atoms with Crippen LogP contribution in [0.5, 0.6) is 0 Å². The van der Waals surface area contributed by atoms with Gasteiger partial charge in [0.1, 0.15) is 28.7 Å². The second kappa shape index (κ2) is 6.86. The molecule has 3 rings (SSSR count). The zero-order valence-electron chi connectivity index (χ0n) is 14.0. The first-order valence-electron chi connectivity index (χ1n) is 7.88. The number of benzene rings is 2. The molecule has 0 bridgehead atoms. The van der Waals surface area contributed by atoms with E-state index in [4.69, 9.17) is 10.5 Å². The monoisotopic (exact) mass is 328 g/mol. The Kier molecular flexibility index (Phi) is 4.45. The number of hydrogen-bond acceptors (Lipinski definition) is 5. The van der Waals surface area contributed by atoms with Crippen molar-refractivity contribution in [1.29, 1.82) is 10.5 Å². The normalized spacial score (nSPS) is 10.1. The van der Waals surface area contributed by atoms with Crippen LogP contribution in [0.1, 0.15) is 18.1 Å². The Morgan fingerprint density at radius 1 is 1.12 bits per heavy atom. The van der Waals surface area contributed by atoms with Crippen LogP contribution in [0.4, 0.5) is 5.69 Å². The third-order valence-electron chi connectivity index (χ3n) is 3.91. The van der Waals surface area contributed by atoms with Crippen LogP contribution in [-0.4, -0.2) is 15.0 Å². The Hall–Kier alpha value is -3.64. The fraction of sp³-hybridized carbons (Fsp3) is 0.158. The Balaban J connectivity index is 1.96. The lowest BCUT2D eigenvalue weighted by Crippen LogP contribution is -1.98. The lowest BCUT2D eigenvalue weighted by molar-refractivity contribution is 0.765. The molecule has 6 heteroatoms. The predicted molar refractivity (Wildman–Crippen MR) is 95.9 cm³/mol. The van der Waals surface area contributed by atoms with Crippen LogP contribution in [0.25, 0.3) is 16.7 Å². The fourth-order valence-electron chi connectivity index (χ4n) is 2.44. The molecule has 122 valence electrons. The number of fused-ring (bicyclic) bond motifs is 1. The number of allylic oxidation sites excluding steroid dienone is 1. The fourth-order valence-corrected chi connectivity index (χ4v) is 2.44. The average Bonchev–Trinajstić information content (AvgIpc) is 3.05. The van der Waals surface area contributed by atoms with Gasteiger partial charge in [0.25, 0.3) is 0 Å². The maximum absolute atomic E-state index is 8.81. The minimum absolute atomic E-state index is 0.0131. The van der Waals surface area contributed by atoms with E-state index in [1.165, 1.54) is 11.8 Å². The Morgan fingerprint density at radius 2 is 1.76 bits per heavy atom. The van der Waals surface area contributed by atoms with Crippen LogP contribution in [0.15, 0.2) is 48.2 Å². The Bertz CT molecular complexity index is 1010. The molecule has 0 saturated carbocycles. The molecule has 1 N–H and O–H groups in total. The zero-order valence-corrected chi connectivity index (χ0v) is 14.0. The summed E-state index contributed by atoms with van der Waals surface area (Å²) in [5, 5.41) is 29.6. The molecule has 1 heterocycles. The first-order valence-corrected chi connectivity index (χ1v) is 7.88. The van der Waals surface area contributed by atoms with Crippen molar-refractivity contribution in [3.63, 3.8) is 0 Å². The van der Waals surface area contributed by atoms with Crippen molar-refractivity contribution < 1.29 is 0 Å². The highest BCUT2D eigenvalue weighted by Crippen LogP contribution is 2.22. The van der Waals surface area contributed by atoms with Gasteiger partial charge in [0, 0.05) is 11.9 Å². The van der Waals surface area contributed by atoms with E-state index in [1.54, 1.807) is 4.80 Å². The smallest absolute Gasteiger partial charge is 0.145 e. The third kappa shape index (κ3) is 3.34. The molecule has 2 aromatic carbocycles. The largest absolute Gasteiger partial charge is 0.360 e. The summed E-state index contributed by atoms with van der Waals surface area (Å²) in [7, 11) is 0. The van der Waals surface area contributed by atoms with Crippen LogP contribution in [0.3, 0.4) is 0 Å². The zero-order chi connectivity index (χ0) is 17.8. The lowest BCUT2D eigenvalue weighted by Gasteiger charge is -2.04. The van der Waals surface area contributed by atoms with Gasteiger partial charge in [-0.2, -0.15) is 15.3 Å². The van der Waals surface area contributed by atoms with Gasteiger partial charge in [-0.25, -0.2) is 0 Å². The van der Waals surface area contributed by atoms with Gasteiger partial charge in [-0.3, -0.25) is 0 Å². The van der Waals surface area contributed by atoms with Crippen LogP contribution in [-0.2, 0) is 6.42 Å². The molecule has 3 aromatic rings. The first-order chi connectivity index (χ1) is 12.1. The number of nitrogens with zero attached hydrogens (tertiary/aromatic N) is 5. The van der Waals surface area contributed by atoms with Crippen molar-refractivity contribution in [3.8, 4) is 17.8 Å². The first kappa shape index (κ1) is 16.2. The van der Waals surface area contributed by atoms with Crippen molar-refractivity contribution in [1.82, 2.24) is 15.0 Å². The van der Waals surface area contributed by atoms with Crippen molar-refractivity contribution in [2.75, 3.05) is 5.32 Å². The van der Waals surface area contributed by atoms with E-state index in [-0.39, 0.29) is 5.57 Å². The third-order valence-corrected chi connectivity index (χ3v) is 3.91. The maximum Gasteiger partial charge on any atom is 0.145 e. The molecule has 0 radical (unpaired) electrons. The summed E-state index contributed by atoms with van der Waals surface area (Å²) >= 11 is 0. The minimum Gasteiger partial charge on any atom is -0.360 e. The van der Waals surface area contributed by atoms with E-state index in [0.29, 0.717) is 0 Å². The number of nitriles is 2. The van der Waals surface area contributed by atoms with Gasteiger partial charge in [0.05, 0.1) is 5.69 Å². The quantitative estimate of drug-likeness (QED) is 0.738. The van der Waals surface area contributed by atoms with Crippen molar-refractivity contribution >= 4 is 16.7 Å². The summed E-state index contributed by atoms with van der Waals surface area (Å²) in [6.45, 7) is 4.05. The van der Waals surface area contributed by atoms with Crippen LogP contribution < -0.4 is 5.32 Å². The summed E-state index contributed by atoms with van der Waals surface area (Å²) in [6.07, 6.45) is 2.38. The van der Waals surface area contributed by atoms with Gasteiger partial charge in [0.15, 0.2) is 0 Å². The van der Waals surface area contributed by atoms with E-state index in [0.717, 1.165) is 34.4 Å². The van der Waals surface area contributed by atoms with E-state index in [1.807, 2.05) is 43.3 Å². The number of nitrogens with one attached hydrogen (secondary N) is 1. The predicted octanol–water partition coefficient (Wildman–Crippen LogP) is 3.63. The summed E-state index contributed by atoms with van der Waals surface area (Å²) in [4.78, 5) is 1.61. The molecule has 0 unspecified atom stereocenters. The molecule has 0 amide bonds. The van der Waals surface area contributed by atoms with Gasteiger partial charge < -0.3 is 5.32 Å². The van der Waals surface area contributed by atoms with Crippen LogP contribution >= 0.6 is 0 Å². The summed E-state index contributed by atoms with van der Waals surface area (Å²) < 4.78 is 0. The highest BCUT2D eigenvalue weighted by atomic mass is 15.5. The molecule has 1 aromatic heterocycles. The van der Waals surface area contributed by atoms with Crippen molar-refractivity contribution in [2.45, 2.75) is 20.3 Å². The van der Waals surface area contributed by atoms with Gasteiger partial charge in [-0.1, -0.05) is 19.1 Å². The standard InChI is InChI=1S/C19H16N6/c1-3-14-4-6-16(7-5-14)25-23-18-8-13(2)17(9-19(18)24-25)22-12-15(10-20)11-21/h4-9,12,22H,3H2,1-2H3. The van der Waals surface area contributed by atoms with Gasteiger partial charge in [-0.05, 0) is 48.7 Å². The van der Waals surface area contributed by atoms with Gasteiger partial charge in [-0.15, -0.1) is 10.2 Å². The van der Waals surface area contributed by atoms with Gasteiger partial charge >= 0.3 is 0 Å². The molecule has 6 nitrogen and oxygen atoms in total. The second-order valence-electron chi connectivity index (χ2n) is 5.59. The van der Waals surface area contributed by atoms with E-state index >= 15 is 0 Å². The molecule has 0 saturated heterocycles. The van der Waals surface area contributed by atoms with Crippen LogP contribution in [0, 0.1) is 29.6 Å². The molecule has 0 atom stereocenters. The average molecular weight is 328 g/mol. The minimum atomic E-state index is 0.0131. The Labute approximate surface area is 145 Å². The Morgan fingerprint density at radius 3 is 2.36 bits per heavy atom. The highest BCUT2D eigenvalue weighted by molar-refractivity contribution is 5.81. The second-order valence-corrected chi connectivity index (χ2v) is 5.59. The number of rotatable bonds is 4. The SMILES string of the molecule is CCc1ccc(-n2nc3cc(C)c(NC=C(C#N)C#N)cc3n2)cc1. The number of hydrogen-bond donors (Lipinski definition) is 1. The molecule has 0 aliphatic heterocycles. The molecular formula is C19H16N6. The summed E-state index contributed by atoms with van der Waals surface area (Å²) in [5.41, 5.74) is 5.43. The molecule has 0 spiro atoms. The molecular weight excluding hydrogens is 312 g/mol. The van der Waals surface area contributed by atoms with Crippen LogP contribution in [0.2, 0.25) is 0 Å². The molecule has 25 heavy (non-hydrogen) atoms. The highest BCUT2D eigenvalue weighted by Gasteiger charge is 2.08. The van der Waals surface area contributed by atoms with E-state index in [2.05, 4.69) is 34.6 Å². The molecule has 0 fully saturated rings. The number of aryl methyl sites for hydroxylation is 2. The van der Waals surface area contributed by atoms with E-state index < -0.39 is 0 Å². The number of anilines is 1. The summed E-state index contributed by atoms with van der Waals surface area (Å²) in [5.74, 6) is 0. The topological polar surface area (TPSA) is 90.3 Å². The maximum atomic E-state index is 8.81. The molecule has 0 aliphatic carbocycles. The van der Waals surface area contributed by atoms with Crippen molar-refractivity contribution in [2.24, 2.45) is 0 Å².